The summed E-state index contributed by atoms with van der Waals surface area (Å²) in [6.45, 7) is 2.43. The van der Waals surface area contributed by atoms with E-state index in [4.69, 9.17) is 22.3 Å². The molecule has 15 heteroatoms. The summed E-state index contributed by atoms with van der Waals surface area (Å²) in [6, 6.07) is -5.17. The van der Waals surface area contributed by atoms with Crippen molar-refractivity contribution < 1.29 is 39.3 Å². The molecule has 0 aliphatic rings. The minimum atomic E-state index is -1.49. The molecule has 0 aliphatic heterocycles. The molecule has 0 bridgehead atoms. The van der Waals surface area contributed by atoms with Crippen molar-refractivity contribution in [3.63, 3.8) is 0 Å². The quantitative estimate of drug-likeness (QED) is 0.0580. The molecule has 0 radical (unpaired) electrons. The van der Waals surface area contributed by atoms with Crippen molar-refractivity contribution in [2.24, 2.45) is 28.1 Å². The van der Waals surface area contributed by atoms with Crippen LogP contribution in [-0.4, -0.2) is 88.3 Å². The van der Waals surface area contributed by atoms with E-state index in [0.717, 1.165) is 0 Å². The molecule has 4 unspecified atom stereocenters. The lowest BCUT2D eigenvalue weighted by atomic mass is 10.0. The maximum absolute atomic E-state index is 12.8. The molecule has 0 spiro atoms. The van der Waals surface area contributed by atoms with Crippen LogP contribution in [0.2, 0.25) is 0 Å². The third-order valence-corrected chi connectivity index (χ3v) is 4.63. The molecule has 0 saturated carbocycles. The standard InChI is InChI=1S/C19H35N7O8/c1-9(2)14(18(33)34)26-17(32)12(8-27)25-16(31)11(4-3-7-23-19(21)22)24-15(30)10(20)5-6-13(28)29/h9-12,14,27H,3-8,20H2,1-2H3,(H,24,30)(H,25,31)(H,26,32)(H,28,29)(H,33,34)(H4,21,22,23). The van der Waals surface area contributed by atoms with Gasteiger partial charge >= 0.3 is 11.9 Å². The number of guanidine groups is 1. The average Bonchev–Trinajstić information content (AvgIpc) is 2.74. The topological polar surface area (TPSA) is 273 Å². The van der Waals surface area contributed by atoms with Gasteiger partial charge in [-0.1, -0.05) is 13.8 Å². The number of nitrogens with one attached hydrogen (secondary N) is 3. The highest BCUT2D eigenvalue weighted by Gasteiger charge is 2.31. The Labute approximate surface area is 196 Å². The van der Waals surface area contributed by atoms with Crippen molar-refractivity contribution in [2.75, 3.05) is 13.2 Å². The van der Waals surface area contributed by atoms with Crippen LogP contribution in [0.1, 0.15) is 39.5 Å². The van der Waals surface area contributed by atoms with E-state index in [-0.39, 0.29) is 38.2 Å². The predicted molar refractivity (Wildman–Crippen MR) is 120 cm³/mol. The number of carboxylic acids is 2. The molecule has 0 fully saturated rings. The van der Waals surface area contributed by atoms with Gasteiger partial charge in [-0.05, 0) is 25.2 Å². The SMILES string of the molecule is CC(C)C(NC(=O)C(CO)NC(=O)C(CCCN=C(N)N)NC(=O)C(N)CCC(=O)O)C(=O)O. The first-order valence-corrected chi connectivity index (χ1v) is 10.6. The van der Waals surface area contributed by atoms with Crippen LogP contribution in [0, 0.1) is 5.92 Å². The van der Waals surface area contributed by atoms with Crippen LogP contribution in [0.5, 0.6) is 0 Å². The fourth-order valence-electron chi connectivity index (χ4n) is 2.70. The van der Waals surface area contributed by atoms with Crippen molar-refractivity contribution in [1.29, 1.82) is 0 Å². The number of hydrogen-bond donors (Lipinski definition) is 9. The lowest BCUT2D eigenvalue weighted by Gasteiger charge is -2.25. The molecular weight excluding hydrogens is 454 g/mol. The van der Waals surface area contributed by atoms with E-state index in [9.17, 15) is 34.2 Å². The molecule has 0 rings (SSSR count). The molecular formula is C19H35N7O8. The van der Waals surface area contributed by atoms with E-state index in [2.05, 4.69) is 20.9 Å². The maximum atomic E-state index is 12.8. The van der Waals surface area contributed by atoms with Gasteiger partial charge in [0.1, 0.15) is 18.1 Å². The third kappa shape index (κ3) is 12.0. The summed E-state index contributed by atoms with van der Waals surface area (Å²) < 4.78 is 0. The van der Waals surface area contributed by atoms with Crippen LogP contribution in [0.4, 0.5) is 0 Å². The summed E-state index contributed by atoms with van der Waals surface area (Å²) >= 11 is 0. The van der Waals surface area contributed by atoms with Gasteiger partial charge in [-0.3, -0.25) is 24.2 Å². The van der Waals surface area contributed by atoms with Crippen LogP contribution in [0.3, 0.4) is 0 Å². The molecule has 4 atom stereocenters. The summed E-state index contributed by atoms with van der Waals surface area (Å²) in [5, 5.41) is 34.4. The minimum absolute atomic E-state index is 0.0174. The molecule has 15 nitrogen and oxygen atoms in total. The van der Waals surface area contributed by atoms with E-state index in [1.807, 2.05) is 0 Å². The Morgan fingerprint density at radius 3 is 1.91 bits per heavy atom. The second-order valence-electron chi connectivity index (χ2n) is 7.86. The summed E-state index contributed by atoms with van der Waals surface area (Å²) in [7, 11) is 0. The third-order valence-electron chi connectivity index (χ3n) is 4.63. The first-order chi connectivity index (χ1) is 15.8. The number of aliphatic hydroxyl groups excluding tert-OH is 1. The van der Waals surface area contributed by atoms with Gasteiger partial charge in [-0.15, -0.1) is 0 Å². The minimum Gasteiger partial charge on any atom is -0.481 e. The Bertz CT molecular complexity index is 755. The van der Waals surface area contributed by atoms with E-state index in [1.54, 1.807) is 13.8 Å². The summed E-state index contributed by atoms with van der Waals surface area (Å²) in [5.74, 6) is -5.64. The molecule has 34 heavy (non-hydrogen) atoms. The molecule has 0 aromatic heterocycles. The lowest BCUT2D eigenvalue weighted by Crippen LogP contribution is -2.58. The maximum Gasteiger partial charge on any atom is 0.326 e. The van der Waals surface area contributed by atoms with Gasteiger partial charge in [0.05, 0.1) is 12.6 Å². The fraction of sp³-hybridized carbons (Fsp3) is 0.684. The molecule has 0 heterocycles. The molecule has 0 aromatic carbocycles. The highest BCUT2D eigenvalue weighted by molar-refractivity contribution is 5.94. The molecule has 12 N–H and O–H groups in total. The first-order valence-electron chi connectivity index (χ1n) is 10.6. The van der Waals surface area contributed by atoms with Gasteiger partial charge < -0.3 is 48.5 Å². The lowest BCUT2D eigenvalue weighted by molar-refractivity contribution is -0.144. The zero-order chi connectivity index (χ0) is 26.4. The molecule has 0 aliphatic carbocycles. The molecule has 194 valence electrons. The Morgan fingerprint density at radius 1 is 0.882 bits per heavy atom. The Kier molecular flexibility index (Phi) is 13.8. The number of hydrogen-bond acceptors (Lipinski definition) is 8. The number of aliphatic hydroxyl groups is 1. The fourth-order valence-corrected chi connectivity index (χ4v) is 2.70. The number of amides is 3. The number of aliphatic carboxylic acids is 2. The number of carbonyl (C=O) groups excluding carboxylic acids is 3. The zero-order valence-corrected chi connectivity index (χ0v) is 19.2. The van der Waals surface area contributed by atoms with E-state index < -0.39 is 66.4 Å². The van der Waals surface area contributed by atoms with Crippen LogP contribution < -0.4 is 33.2 Å². The molecule has 0 saturated heterocycles. The van der Waals surface area contributed by atoms with Gasteiger partial charge in [0.15, 0.2) is 5.96 Å². The van der Waals surface area contributed by atoms with E-state index in [1.165, 1.54) is 0 Å². The van der Waals surface area contributed by atoms with Gasteiger partial charge in [0.25, 0.3) is 0 Å². The van der Waals surface area contributed by atoms with Crippen molar-refractivity contribution in [3.05, 3.63) is 0 Å². The second kappa shape index (κ2) is 15.4. The Hall–Kier alpha value is -3.46. The highest BCUT2D eigenvalue weighted by atomic mass is 16.4. The van der Waals surface area contributed by atoms with Gasteiger partial charge in [0, 0.05) is 13.0 Å². The number of carboxylic acid groups (broad SMARTS) is 2. The van der Waals surface area contributed by atoms with Gasteiger partial charge in [-0.2, -0.15) is 0 Å². The first kappa shape index (κ1) is 30.5. The Balaban J connectivity index is 5.35. The van der Waals surface area contributed by atoms with Crippen LogP contribution in [-0.2, 0) is 24.0 Å². The van der Waals surface area contributed by atoms with Crippen molar-refractivity contribution >= 4 is 35.6 Å². The highest BCUT2D eigenvalue weighted by Crippen LogP contribution is 2.05. The van der Waals surface area contributed by atoms with E-state index in [0.29, 0.717) is 0 Å². The number of nitrogens with two attached hydrogens (primary N) is 3. The zero-order valence-electron chi connectivity index (χ0n) is 19.2. The van der Waals surface area contributed by atoms with Crippen LogP contribution in [0.25, 0.3) is 0 Å². The average molecular weight is 490 g/mol. The largest absolute Gasteiger partial charge is 0.481 e. The van der Waals surface area contributed by atoms with Crippen molar-refractivity contribution in [1.82, 2.24) is 16.0 Å². The normalized spacial score (nSPS) is 14.3. The number of aliphatic imine (C=N–C) groups is 1. The van der Waals surface area contributed by atoms with Crippen molar-refractivity contribution in [3.8, 4) is 0 Å². The summed E-state index contributed by atoms with van der Waals surface area (Å²) in [5.41, 5.74) is 16.2. The number of carbonyl (C=O) groups is 5. The van der Waals surface area contributed by atoms with Crippen molar-refractivity contribution in [2.45, 2.75) is 63.7 Å². The summed E-state index contributed by atoms with van der Waals surface area (Å²) in [6.07, 6.45) is -0.269. The second-order valence-corrected chi connectivity index (χ2v) is 7.86. The van der Waals surface area contributed by atoms with Crippen LogP contribution >= 0.6 is 0 Å². The monoisotopic (exact) mass is 489 g/mol. The summed E-state index contributed by atoms with van der Waals surface area (Å²) in [4.78, 5) is 63.3. The number of rotatable bonds is 16. The predicted octanol–water partition coefficient (Wildman–Crippen LogP) is -3.58. The van der Waals surface area contributed by atoms with Gasteiger partial charge in [0.2, 0.25) is 17.7 Å². The number of nitrogens with zero attached hydrogens (tertiary/aromatic N) is 1. The molecule has 3 amide bonds. The van der Waals surface area contributed by atoms with E-state index >= 15 is 0 Å². The van der Waals surface area contributed by atoms with Gasteiger partial charge in [-0.25, -0.2) is 4.79 Å². The van der Waals surface area contributed by atoms with Crippen LogP contribution in [0.15, 0.2) is 4.99 Å². The molecule has 0 aromatic rings. The Morgan fingerprint density at radius 2 is 1.44 bits per heavy atom. The smallest absolute Gasteiger partial charge is 0.326 e.